The lowest BCUT2D eigenvalue weighted by atomic mass is 10.2. The molecule has 0 unspecified atom stereocenters. The van der Waals surface area contributed by atoms with E-state index in [1.807, 2.05) is 0 Å². The lowest BCUT2D eigenvalue weighted by molar-refractivity contribution is -0.139. The third-order valence-corrected chi connectivity index (χ3v) is 1.77. The minimum atomic E-state index is -1.12. The summed E-state index contributed by atoms with van der Waals surface area (Å²) in [7, 11) is 0. The van der Waals surface area contributed by atoms with Gasteiger partial charge in [-0.05, 0) is 19.9 Å². The number of hydrogen-bond acceptors (Lipinski definition) is 6. The van der Waals surface area contributed by atoms with Gasteiger partial charge in [0.05, 0.1) is 18.8 Å². The molecule has 0 amide bonds. The van der Waals surface area contributed by atoms with E-state index in [9.17, 15) is 14.4 Å². The smallest absolute Gasteiger partial charge is 0.337 e. The third-order valence-electron chi connectivity index (χ3n) is 1.77. The molecule has 118 valence electrons. The van der Waals surface area contributed by atoms with E-state index in [1.165, 1.54) is 6.92 Å². The van der Waals surface area contributed by atoms with Gasteiger partial charge in [-0.3, -0.25) is 0 Å². The monoisotopic (exact) mass is 300 g/mol. The van der Waals surface area contributed by atoms with Crippen molar-refractivity contribution < 1.29 is 34.1 Å². The molecule has 0 saturated heterocycles. The van der Waals surface area contributed by atoms with E-state index < -0.39 is 11.9 Å². The van der Waals surface area contributed by atoms with Crippen molar-refractivity contribution in [1.29, 1.82) is 0 Å². The summed E-state index contributed by atoms with van der Waals surface area (Å²) in [5.41, 5.74) is -0.0608. The minimum absolute atomic E-state index is 0.00375. The number of carbonyl (C=O) groups is 3. The van der Waals surface area contributed by atoms with Gasteiger partial charge >= 0.3 is 17.9 Å². The molecule has 0 rings (SSSR count). The van der Waals surface area contributed by atoms with Crippen molar-refractivity contribution in [1.82, 2.24) is 0 Å². The van der Waals surface area contributed by atoms with Gasteiger partial charge in [-0.25, -0.2) is 14.4 Å². The van der Waals surface area contributed by atoms with Crippen LogP contribution in [0.1, 0.15) is 13.8 Å². The molecule has 7 nitrogen and oxygen atoms in total. The topological polar surface area (TPSA) is 110 Å². The van der Waals surface area contributed by atoms with Gasteiger partial charge in [0.25, 0.3) is 0 Å². The summed E-state index contributed by atoms with van der Waals surface area (Å²) >= 11 is 0. The zero-order valence-corrected chi connectivity index (χ0v) is 12.1. The summed E-state index contributed by atoms with van der Waals surface area (Å²) in [4.78, 5) is 31.4. The van der Waals surface area contributed by atoms with E-state index in [0.717, 1.165) is 12.2 Å². The van der Waals surface area contributed by atoms with Crippen LogP contribution in [0.4, 0.5) is 0 Å². The highest BCUT2D eigenvalue weighted by Gasteiger charge is 2.08. The number of aliphatic hydroxyl groups excluding tert-OH is 1. The van der Waals surface area contributed by atoms with Crippen molar-refractivity contribution in [2.24, 2.45) is 0 Å². The standard InChI is InChI=1S/C9H12O5.C5H8O2/c1-6(8(11)12)5-7(2)9(13)14-4-3-10;1-3-5(6)7-4-2/h5,10H,2-4H2,1H3,(H,11,12);3H,1,4H2,2H3. The molecule has 0 aromatic rings. The van der Waals surface area contributed by atoms with Gasteiger partial charge in [-0.1, -0.05) is 13.2 Å². The van der Waals surface area contributed by atoms with Crippen molar-refractivity contribution in [3.63, 3.8) is 0 Å². The zero-order valence-electron chi connectivity index (χ0n) is 12.1. The van der Waals surface area contributed by atoms with Crippen molar-refractivity contribution >= 4 is 17.9 Å². The average molecular weight is 300 g/mol. The third kappa shape index (κ3) is 12.4. The fraction of sp³-hybridized carbons (Fsp3) is 0.357. The molecule has 0 aromatic heterocycles. The summed E-state index contributed by atoms with van der Waals surface area (Å²) < 4.78 is 8.94. The predicted molar refractivity (Wildman–Crippen MR) is 75.4 cm³/mol. The molecule has 0 saturated carbocycles. The van der Waals surface area contributed by atoms with Crippen LogP contribution in [0, 0.1) is 0 Å². The van der Waals surface area contributed by atoms with Crippen molar-refractivity contribution in [3.05, 3.63) is 36.5 Å². The molecule has 0 aromatic carbocycles. The first-order valence-corrected chi connectivity index (χ1v) is 5.97. The molecule has 0 atom stereocenters. The maximum atomic E-state index is 11.0. The Morgan fingerprint density at radius 2 is 1.81 bits per heavy atom. The second-order valence-corrected chi connectivity index (χ2v) is 3.47. The first kappa shape index (κ1) is 20.9. The number of aliphatic hydroxyl groups is 1. The zero-order chi connectivity index (χ0) is 16.8. The van der Waals surface area contributed by atoms with Crippen LogP contribution in [0.25, 0.3) is 0 Å². The molecule has 0 aliphatic carbocycles. The van der Waals surface area contributed by atoms with Crippen LogP contribution in [0.3, 0.4) is 0 Å². The van der Waals surface area contributed by atoms with Crippen LogP contribution in [-0.2, 0) is 23.9 Å². The highest BCUT2D eigenvalue weighted by molar-refractivity contribution is 5.94. The van der Waals surface area contributed by atoms with Crippen LogP contribution in [0.15, 0.2) is 36.5 Å². The lowest BCUT2D eigenvalue weighted by Gasteiger charge is -2.02. The van der Waals surface area contributed by atoms with Crippen molar-refractivity contribution in [2.45, 2.75) is 13.8 Å². The predicted octanol–water partition coefficient (Wildman–Crippen LogP) is 0.845. The number of esters is 2. The molecule has 7 heteroatoms. The molecule has 0 heterocycles. The number of carbonyl (C=O) groups excluding carboxylic acids is 2. The summed E-state index contributed by atoms with van der Waals surface area (Å²) in [6.07, 6.45) is 2.26. The van der Waals surface area contributed by atoms with Crippen LogP contribution in [0.2, 0.25) is 0 Å². The SMILES string of the molecule is C=C(C=C(C)C(=O)O)C(=O)OCCO.C=CC(=O)OCC. The van der Waals surface area contributed by atoms with Crippen LogP contribution in [-0.4, -0.2) is 47.9 Å². The van der Waals surface area contributed by atoms with E-state index in [-0.39, 0.29) is 30.3 Å². The number of carboxylic acids is 1. The van der Waals surface area contributed by atoms with E-state index >= 15 is 0 Å². The summed E-state index contributed by atoms with van der Waals surface area (Å²) in [5.74, 6) is -2.22. The summed E-state index contributed by atoms with van der Waals surface area (Å²) in [5, 5.41) is 16.8. The molecular formula is C14H20O7. The number of aliphatic carboxylic acids is 1. The summed E-state index contributed by atoms with van der Waals surface area (Å²) in [6.45, 7) is 9.65. The van der Waals surface area contributed by atoms with Crippen LogP contribution >= 0.6 is 0 Å². The maximum absolute atomic E-state index is 11.0. The van der Waals surface area contributed by atoms with Crippen molar-refractivity contribution in [3.8, 4) is 0 Å². The van der Waals surface area contributed by atoms with Gasteiger partial charge in [-0.2, -0.15) is 0 Å². The van der Waals surface area contributed by atoms with Gasteiger partial charge in [0, 0.05) is 11.6 Å². The van der Waals surface area contributed by atoms with E-state index in [1.54, 1.807) is 6.92 Å². The second kappa shape index (κ2) is 12.6. The normalized spacial score (nSPS) is 9.76. The first-order valence-electron chi connectivity index (χ1n) is 5.97. The van der Waals surface area contributed by atoms with Crippen molar-refractivity contribution in [2.75, 3.05) is 19.8 Å². The molecule has 21 heavy (non-hydrogen) atoms. The molecule has 0 aliphatic heterocycles. The molecule has 0 radical (unpaired) electrons. The minimum Gasteiger partial charge on any atom is -0.478 e. The van der Waals surface area contributed by atoms with E-state index in [0.29, 0.717) is 6.61 Å². The highest BCUT2D eigenvalue weighted by atomic mass is 16.5. The number of hydrogen-bond donors (Lipinski definition) is 2. The van der Waals surface area contributed by atoms with Gasteiger partial charge in [-0.15, -0.1) is 0 Å². The Morgan fingerprint density at radius 3 is 2.14 bits per heavy atom. The fourth-order valence-corrected chi connectivity index (χ4v) is 0.814. The Morgan fingerprint density at radius 1 is 1.24 bits per heavy atom. The molecule has 0 spiro atoms. The van der Waals surface area contributed by atoms with Gasteiger partial charge < -0.3 is 19.7 Å². The van der Waals surface area contributed by atoms with E-state index in [2.05, 4.69) is 22.6 Å². The molecular weight excluding hydrogens is 280 g/mol. The van der Waals surface area contributed by atoms with Gasteiger partial charge in [0.15, 0.2) is 0 Å². The number of carboxylic acid groups (broad SMARTS) is 1. The van der Waals surface area contributed by atoms with Crippen LogP contribution in [0.5, 0.6) is 0 Å². The Kier molecular flexibility index (Phi) is 12.6. The Hall–Kier alpha value is -2.41. The second-order valence-electron chi connectivity index (χ2n) is 3.47. The molecule has 2 N–H and O–H groups in total. The van der Waals surface area contributed by atoms with Crippen LogP contribution < -0.4 is 0 Å². The Balaban J connectivity index is 0. The largest absolute Gasteiger partial charge is 0.478 e. The summed E-state index contributed by atoms with van der Waals surface area (Å²) in [6, 6.07) is 0. The number of ether oxygens (including phenoxy) is 2. The highest BCUT2D eigenvalue weighted by Crippen LogP contribution is 2.02. The molecule has 0 fully saturated rings. The lowest BCUT2D eigenvalue weighted by Crippen LogP contribution is -2.10. The molecule has 0 aliphatic rings. The average Bonchev–Trinajstić information content (AvgIpc) is 2.45. The maximum Gasteiger partial charge on any atom is 0.337 e. The quantitative estimate of drug-likeness (QED) is 0.407. The fourth-order valence-electron chi connectivity index (χ4n) is 0.814. The van der Waals surface area contributed by atoms with E-state index in [4.69, 9.17) is 10.2 Å². The van der Waals surface area contributed by atoms with Gasteiger partial charge in [0.1, 0.15) is 6.61 Å². The Bertz CT molecular complexity index is 421. The number of rotatable bonds is 7. The van der Waals surface area contributed by atoms with Gasteiger partial charge in [0.2, 0.25) is 0 Å². The molecule has 0 bridgehead atoms. The Labute approximate surface area is 123 Å². The first-order chi connectivity index (χ1) is 9.79.